The second kappa shape index (κ2) is 5.90. The first-order valence-electron chi connectivity index (χ1n) is 7.20. The zero-order valence-electron chi connectivity index (χ0n) is 12.3. The molecular weight excluding hydrogens is 274 g/mol. The number of nitrogens with one attached hydrogen (secondary N) is 1. The van der Waals surface area contributed by atoms with Crippen LogP contribution in [0.2, 0.25) is 0 Å². The Morgan fingerprint density at radius 3 is 2.50 bits per heavy atom. The lowest BCUT2D eigenvalue weighted by Crippen LogP contribution is -1.95. The highest BCUT2D eigenvalue weighted by Gasteiger charge is 2.15. The molecule has 0 aliphatic carbocycles. The van der Waals surface area contributed by atoms with Gasteiger partial charge in [0, 0.05) is 34.7 Å². The minimum atomic E-state index is -0.173. The Kier molecular flexibility index (Phi) is 3.79. The van der Waals surface area contributed by atoms with E-state index in [1.54, 1.807) is 0 Å². The molecule has 0 saturated carbocycles. The van der Waals surface area contributed by atoms with Crippen LogP contribution in [0, 0.1) is 0 Å². The molecule has 0 radical (unpaired) electrons. The third-order valence-electron chi connectivity index (χ3n) is 3.60. The highest BCUT2D eigenvalue weighted by atomic mass is 16.3. The van der Waals surface area contributed by atoms with Crippen LogP contribution in [0.15, 0.2) is 60.7 Å². The van der Waals surface area contributed by atoms with E-state index in [1.165, 1.54) is 13.0 Å². The van der Waals surface area contributed by atoms with E-state index in [2.05, 4.69) is 4.98 Å². The molecule has 0 spiro atoms. The number of aliphatic hydroxyl groups excluding tert-OH is 1. The molecule has 2 N–H and O–H groups in total. The minimum Gasteiger partial charge on any atom is -0.507 e. The first-order valence-corrected chi connectivity index (χ1v) is 7.20. The number of allylic oxidation sites excluding steroid dienone is 1. The van der Waals surface area contributed by atoms with E-state index >= 15 is 0 Å². The Balaban J connectivity index is 2.14. The molecule has 22 heavy (non-hydrogen) atoms. The van der Waals surface area contributed by atoms with Crippen molar-refractivity contribution in [2.75, 3.05) is 0 Å². The van der Waals surface area contributed by atoms with Gasteiger partial charge in [-0.1, -0.05) is 48.5 Å². The van der Waals surface area contributed by atoms with Gasteiger partial charge in [0.15, 0.2) is 5.78 Å². The van der Waals surface area contributed by atoms with Gasteiger partial charge in [0.2, 0.25) is 0 Å². The number of H-pyrrole nitrogens is 1. The van der Waals surface area contributed by atoms with E-state index in [0.29, 0.717) is 12.0 Å². The Labute approximate surface area is 128 Å². The van der Waals surface area contributed by atoms with Gasteiger partial charge in [-0.2, -0.15) is 0 Å². The maximum atomic E-state index is 11.3. The molecule has 0 aliphatic rings. The number of aliphatic hydroxyl groups is 1. The maximum absolute atomic E-state index is 11.3. The van der Waals surface area contributed by atoms with Gasteiger partial charge < -0.3 is 10.1 Å². The van der Waals surface area contributed by atoms with Gasteiger partial charge in [0.25, 0.3) is 0 Å². The topological polar surface area (TPSA) is 53.1 Å². The first kappa shape index (κ1) is 14.1. The van der Waals surface area contributed by atoms with Crippen molar-refractivity contribution in [3.8, 4) is 0 Å². The highest BCUT2D eigenvalue weighted by molar-refractivity contribution is 5.99. The summed E-state index contributed by atoms with van der Waals surface area (Å²) in [5.74, 6) is -0.163. The van der Waals surface area contributed by atoms with Crippen LogP contribution in [0.25, 0.3) is 16.7 Å². The first-order chi connectivity index (χ1) is 10.6. The van der Waals surface area contributed by atoms with Crippen molar-refractivity contribution in [3.63, 3.8) is 0 Å². The number of carbonyl (C=O) groups excluding carboxylic acids is 1. The predicted octanol–water partition coefficient (Wildman–Crippen LogP) is 4.25. The molecule has 0 unspecified atom stereocenters. The summed E-state index contributed by atoms with van der Waals surface area (Å²) in [4.78, 5) is 14.7. The molecular formula is C19H17NO2. The van der Waals surface area contributed by atoms with Gasteiger partial charge in [-0.15, -0.1) is 0 Å². The number of ketones is 1. The van der Waals surface area contributed by atoms with Crippen LogP contribution in [-0.4, -0.2) is 15.9 Å². The maximum Gasteiger partial charge on any atom is 0.156 e. The number of carbonyl (C=O) groups is 1. The smallest absolute Gasteiger partial charge is 0.156 e. The molecule has 3 rings (SSSR count). The molecule has 3 aromatic rings. The molecule has 0 bridgehead atoms. The van der Waals surface area contributed by atoms with Crippen molar-refractivity contribution in [2.45, 2.75) is 13.3 Å². The molecule has 1 heterocycles. The van der Waals surface area contributed by atoms with Crippen LogP contribution in [0.5, 0.6) is 0 Å². The fourth-order valence-electron chi connectivity index (χ4n) is 2.69. The van der Waals surface area contributed by atoms with Gasteiger partial charge in [-0.25, -0.2) is 0 Å². The Bertz CT molecular complexity index is 844. The van der Waals surface area contributed by atoms with Crippen LogP contribution < -0.4 is 0 Å². The lowest BCUT2D eigenvalue weighted by atomic mass is 10.0. The van der Waals surface area contributed by atoms with Crippen LogP contribution in [0.3, 0.4) is 0 Å². The summed E-state index contributed by atoms with van der Waals surface area (Å²) in [5, 5.41) is 11.3. The molecule has 0 aliphatic heterocycles. The van der Waals surface area contributed by atoms with Crippen LogP contribution in [0.4, 0.5) is 0 Å². The number of hydrogen-bond donors (Lipinski definition) is 2. The molecule has 2 aromatic carbocycles. The highest BCUT2D eigenvalue weighted by Crippen LogP contribution is 2.29. The van der Waals surface area contributed by atoms with Crippen molar-refractivity contribution in [1.29, 1.82) is 0 Å². The Morgan fingerprint density at radius 1 is 1.09 bits per heavy atom. The van der Waals surface area contributed by atoms with Crippen LogP contribution in [-0.2, 0) is 11.2 Å². The van der Waals surface area contributed by atoms with E-state index < -0.39 is 0 Å². The third-order valence-corrected chi connectivity index (χ3v) is 3.60. The van der Waals surface area contributed by atoms with E-state index in [9.17, 15) is 9.90 Å². The van der Waals surface area contributed by atoms with Crippen molar-refractivity contribution in [2.24, 2.45) is 0 Å². The zero-order chi connectivity index (χ0) is 15.5. The molecule has 0 amide bonds. The Morgan fingerprint density at radius 2 is 1.77 bits per heavy atom. The summed E-state index contributed by atoms with van der Waals surface area (Å²) in [5.41, 5.74) is 3.70. The van der Waals surface area contributed by atoms with Gasteiger partial charge in [-0.3, -0.25) is 4.79 Å². The molecule has 3 heteroatoms. The van der Waals surface area contributed by atoms with Gasteiger partial charge >= 0.3 is 0 Å². The molecule has 0 atom stereocenters. The lowest BCUT2D eigenvalue weighted by Gasteiger charge is -2.04. The van der Waals surface area contributed by atoms with Gasteiger partial charge in [0.05, 0.1) is 0 Å². The number of hydrogen-bond acceptors (Lipinski definition) is 2. The normalized spacial score (nSPS) is 11.8. The SMILES string of the molecule is CC(=O)/C=C(\O)c1c(Cc2ccccc2)[nH]c2ccccc12. The van der Waals surface area contributed by atoms with E-state index in [4.69, 9.17) is 0 Å². The largest absolute Gasteiger partial charge is 0.507 e. The summed E-state index contributed by atoms with van der Waals surface area (Å²) in [6.07, 6.45) is 1.94. The van der Waals surface area contributed by atoms with E-state index in [0.717, 1.165) is 22.2 Å². The van der Waals surface area contributed by atoms with Crippen molar-refractivity contribution < 1.29 is 9.90 Å². The van der Waals surface area contributed by atoms with E-state index in [1.807, 2.05) is 54.6 Å². The van der Waals surface area contributed by atoms with E-state index in [-0.39, 0.29) is 11.5 Å². The average molecular weight is 291 g/mol. The quantitative estimate of drug-likeness (QED) is 0.558. The molecule has 1 aromatic heterocycles. The molecule has 0 fully saturated rings. The number of aromatic nitrogens is 1. The number of aromatic amines is 1. The second-order valence-corrected chi connectivity index (χ2v) is 5.33. The van der Waals surface area contributed by atoms with Gasteiger partial charge in [0.1, 0.15) is 5.76 Å². The monoisotopic (exact) mass is 291 g/mol. The molecule has 3 nitrogen and oxygen atoms in total. The zero-order valence-corrected chi connectivity index (χ0v) is 12.3. The predicted molar refractivity (Wildman–Crippen MR) is 88.8 cm³/mol. The minimum absolute atomic E-state index is 0.0101. The standard InChI is InChI=1S/C19H17NO2/c1-13(21)11-18(22)19-15-9-5-6-10-16(15)20-17(19)12-14-7-3-2-4-8-14/h2-11,20,22H,12H2,1H3/b18-11-. The Hall–Kier alpha value is -2.81. The molecule has 0 saturated heterocycles. The number of fused-ring (bicyclic) bond motifs is 1. The lowest BCUT2D eigenvalue weighted by molar-refractivity contribution is -0.112. The van der Waals surface area contributed by atoms with Gasteiger partial charge in [-0.05, 0) is 18.6 Å². The summed E-state index contributed by atoms with van der Waals surface area (Å²) in [7, 11) is 0. The number of rotatable bonds is 4. The van der Waals surface area contributed by atoms with Crippen LogP contribution >= 0.6 is 0 Å². The number of benzene rings is 2. The fourth-order valence-corrected chi connectivity index (χ4v) is 2.69. The number of para-hydroxylation sites is 1. The van der Waals surface area contributed by atoms with Crippen molar-refractivity contribution in [1.82, 2.24) is 4.98 Å². The summed E-state index contributed by atoms with van der Waals surface area (Å²) in [6, 6.07) is 17.8. The summed E-state index contributed by atoms with van der Waals surface area (Å²) < 4.78 is 0. The van der Waals surface area contributed by atoms with Crippen molar-refractivity contribution in [3.05, 3.63) is 77.5 Å². The van der Waals surface area contributed by atoms with Crippen molar-refractivity contribution >= 4 is 22.4 Å². The second-order valence-electron chi connectivity index (χ2n) is 5.33. The third kappa shape index (κ3) is 2.79. The summed E-state index contributed by atoms with van der Waals surface area (Å²) in [6.45, 7) is 1.43. The average Bonchev–Trinajstić information content (AvgIpc) is 2.85. The molecule has 110 valence electrons. The fraction of sp³-hybridized carbons (Fsp3) is 0.105. The van der Waals surface area contributed by atoms with Crippen LogP contribution in [0.1, 0.15) is 23.7 Å². The summed E-state index contributed by atoms with van der Waals surface area (Å²) >= 11 is 0.